The molecule has 0 bridgehead atoms. The Bertz CT molecular complexity index is 560. The first-order valence-corrected chi connectivity index (χ1v) is 8.92. The van der Waals surface area contributed by atoms with Gasteiger partial charge in [0.25, 0.3) is 5.91 Å². The van der Waals surface area contributed by atoms with Crippen LogP contribution in [0.4, 0.5) is 0 Å². The smallest absolute Gasteiger partial charge is 0.316 e. The number of carbonyl (C=O) groups is 2. The number of carboxylic acid groups (broad SMARTS) is 1. The summed E-state index contributed by atoms with van der Waals surface area (Å²) in [6, 6.07) is 7.04. The summed E-state index contributed by atoms with van der Waals surface area (Å²) in [4.78, 5) is 24.0. The third-order valence-electron chi connectivity index (χ3n) is 3.63. The standard InChI is InChI=1S/C17H23NO5S/c1-12(17(20)21)24-15-6-3-2-5-14(15)16(19)18-8-4-9-23-13-7-10-22-11-13/h2-3,5-6,12-13H,4,7-11H2,1H3,(H,18,19)(H,20,21). The predicted molar refractivity (Wildman–Crippen MR) is 91.5 cm³/mol. The van der Waals surface area contributed by atoms with E-state index < -0.39 is 11.2 Å². The van der Waals surface area contributed by atoms with Crippen LogP contribution in [0, 0.1) is 0 Å². The summed E-state index contributed by atoms with van der Waals surface area (Å²) in [5.74, 6) is -1.09. The Balaban J connectivity index is 1.77. The lowest BCUT2D eigenvalue weighted by molar-refractivity contribution is -0.136. The highest BCUT2D eigenvalue weighted by molar-refractivity contribution is 8.00. The number of nitrogens with one attached hydrogen (secondary N) is 1. The number of aliphatic carboxylic acids is 1. The van der Waals surface area contributed by atoms with Gasteiger partial charge in [-0.25, -0.2) is 0 Å². The van der Waals surface area contributed by atoms with Crippen molar-refractivity contribution in [2.45, 2.75) is 36.0 Å². The Hall–Kier alpha value is -1.57. The molecule has 0 aromatic heterocycles. The van der Waals surface area contributed by atoms with Crippen molar-refractivity contribution in [1.29, 1.82) is 0 Å². The summed E-state index contributed by atoms with van der Waals surface area (Å²) < 4.78 is 10.9. The summed E-state index contributed by atoms with van der Waals surface area (Å²) in [6.45, 7) is 4.11. The van der Waals surface area contributed by atoms with Crippen LogP contribution in [-0.4, -0.2) is 54.7 Å². The van der Waals surface area contributed by atoms with Gasteiger partial charge in [0, 0.05) is 24.7 Å². The Labute approximate surface area is 145 Å². The third kappa shape index (κ3) is 5.81. The van der Waals surface area contributed by atoms with Gasteiger partial charge in [0.2, 0.25) is 0 Å². The van der Waals surface area contributed by atoms with Gasteiger partial charge < -0.3 is 19.9 Å². The van der Waals surface area contributed by atoms with Crippen molar-refractivity contribution in [1.82, 2.24) is 5.32 Å². The summed E-state index contributed by atoms with van der Waals surface area (Å²) in [5, 5.41) is 11.3. The zero-order valence-electron chi connectivity index (χ0n) is 13.7. The van der Waals surface area contributed by atoms with E-state index in [0.717, 1.165) is 19.4 Å². The van der Waals surface area contributed by atoms with Gasteiger partial charge in [-0.3, -0.25) is 9.59 Å². The lowest BCUT2D eigenvalue weighted by Crippen LogP contribution is -2.26. The summed E-state index contributed by atoms with van der Waals surface area (Å²) >= 11 is 1.17. The van der Waals surface area contributed by atoms with Crippen LogP contribution in [0.1, 0.15) is 30.1 Å². The molecule has 132 valence electrons. The Morgan fingerprint density at radius 3 is 2.96 bits per heavy atom. The van der Waals surface area contributed by atoms with Gasteiger partial charge in [-0.1, -0.05) is 12.1 Å². The number of ether oxygens (including phenoxy) is 2. The molecule has 7 heteroatoms. The molecule has 2 rings (SSSR count). The fraction of sp³-hybridized carbons (Fsp3) is 0.529. The maximum atomic E-state index is 12.3. The van der Waals surface area contributed by atoms with Crippen LogP contribution >= 0.6 is 11.8 Å². The first-order valence-electron chi connectivity index (χ1n) is 8.04. The van der Waals surface area contributed by atoms with Crippen molar-refractivity contribution in [3.05, 3.63) is 29.8 Å². The van der Waals surface area contributed by atoms with E-state index in [1.54, 1.807) is 31.2 Å². The van der Waals surface area contributed by atoms with E-state index in [2.05, 4.69) is 5.32 Å². The molecule has 1 saturated heterocycles. The second-order valence-electron chi connectivity index (χ2n) is 5.56. The summed E-state index contributed by atoms with van der Waals surface area (Å²) in [5.41, 5.74) is 0.501. The summed E-state index contributed by atoms with van der Waals surface area (Å²) in [7, 11) is 0. The van der Waals surface area contributed by atoms with Gasteiger partial charge in [-0.2, -0.15) is 0 Å². The number of benzene rings is 1. The fourth-order valence-electron chi connectivity index (χ4n) is 2.26. The molecule has 0 spiro atoms. The fourth-order valence-corrected chi connectivity index (χ4v) is 3.19. The largest absolute Gasteiger partial charge is 0.480 e. The molecule has 6 nitrogen and oxygen atoms in total. The Morgan fingerprint density at radius 1 is 1.46 bits per heavy atom. The van der Waals surface area contributed by atoms with Crippen LogP contribution < -0.4 is 5.32 Å². The number of amides is 1. The average Bonchev–Trinajstić information content (AvgIpc) is 3.08. The van der Waals surface area contributed by atoms with Gasteiger partial charge >= 0.3 is 5.97 Å². The van der Waals surface area contributed by atoms with Crippen molar-refractivity contribution in [2.75, 3.05) is 26.4 Å². The van der Waals surface area contributed by atoms with E-state index in [4.69, 9.17) is 14.6 Å². The highest BCUT2D eigenvalue weighted by Gasteiger charge is 2.18. The highest BCUT2D eigenvalue weighted by Crippen LogP contribution is 2.26. The van der Waals surface area contributed by atoms with E-state index in [1.165, 1.54) is 11.8 Å². The maximum absolute atomic E-state index is 12.3. The van der Waals surface area contributed by atoms with Crippen molar-refractivity contribution < 1.29 is 24.2 Å². The molecule has 1 heterocycles. The van der Waals surface area contributed by atoms with E-state index >= 15 is 0 Å². The quantitative estimate of drug-likeness (QED) is 0.523. The van der Waals surface area contributed by atoms with Gasteiger partial charge in [-0.05, 0) is 31.9 Å². The van der Waals surface area contributed by atoms with Crippen molar-refractivity contribution in [2.24, 2.45) is 0 Å². The third-order valence-corrected chi connectivity index (χ3v) is 4.80. The molecule has 24 heavy (non-hydrogen) atoms. The highest BCUT2D eigenvalue weighted by atomic mass is 32.2. The SMILES string of the molecule is CC(Sc1ccccc1C(=O)NCCCOC1CCOC1)C(=O)O. The lowest BCUT2D eigenvalue weighted by atomic mass is 10.2. The minimum absolute atomic E-state index is 0.176. The molecule has 0 saturated carbocycles. The van der Waals surface area contributed by atoms with Crippen LogP contribution in [0.2, 0.25) is 0 Å². The van der Waals surface area contributed by atoms with Crippen LogP contribution in [0.15, 0.2) is 29.2 Å². The number of carboxylic acids is 1. The van der Waals surface area contributed by atoms with Crippen LogP contribution in [0.5, 0.6) is 0 Å². The molecule has 2 unspecified atom stereocenters. The van der Waals surface area contributed by atoms with E-state index in [0.29, 0.717) is 30.2 Å². The van der Waals surface area contributed by atoms with Crippen LogP contribution in [-0.2, 0) is 14.3 Å². The minimum atomic E-state index is -0.900. The Morgan fingerprint density at radius 2 is 2.25 bits per heavy atom. The Kier molecular flexibility index (Phi) is 7.55. The monoisotopic (exact) mass is 353 g/mol. The molecule has 1 aromatic rings. The molecule has 1 amide bonds. The molecule has 0 aliphatic carbocycles. The van der Waals surface area contributed by atoms with Gasteiger partial charge in [-0.15, -0.1) is 11.8 Å². The van der Waals surface area contributed by atoms with Crippen molar-refractivity contribution in [3.63, 3.8) is 0 Å². The zero-order chi connectivity index (χ0) is 17.4. The van der Waals surface area contributed by atoms with Crippen LogP contribution in [0.3, 0.4) is 0 Å². The maximum Gasteiger partial charge on any atom is 0.316 e. The number of rotatable bonds is 9. The van der Waals surface area contributed by atoms with E-state index in [1.807, 2.05) is 0 Å². The van der Waals surface area contributed by atoms with Crippen LogP contribution in [0.25, 0.3) is 0 Å². The second-order valence-corrected chi connectivity index (χ2v) is 6.94. The molecular formula is C17H23NO5S. The molecule has 1 aliphatic rings. The lowest BCUT2D eigenvalue weighted by Gasteiger charge is -2.12. The van der Waals surface area contributed by atoms with Gasteiger partial charge in [0.1, 0.15) is 5.25 Å². The minimum Gasteiger partial charge on any atom is -0.480 e. The number of thioether (sulfide) groups is 1. The predicted octanol–water partition coefficient (Wildman–Crippen LogP) is 2.18. The average molecular weight is 353 g/mol. The zero-order valence-corrected chi connectivity index (χ0v) is 14.5. The number of hydrogen-bond acceptors (Lipinski definition) is 5. The van der Waals surface area contributed by atoms with E-state index in [9.17, 15) is 9.59 Å². The van der Waals surface area contributed by atoms with Gasteiger partial charge in [0.05, 0.1) is 18.3 Å². The summed E-state index contributed by atoms with van der Waals surface area (Å²) in [6.07, 6.45) is 1.83. The van der Waals surface area contributed by atoms with Crippen molar-refractivity contribution in [3.8, 4) is 0 Å². The molecule has 2 N–H and O–H groups in total. The first-order chi connectivity index (χ1) is 11.6. The van der Waals surface area contributed by atoms with E-state index in [-0.39, 0.29) is 12.0 Å². The molecule has 1 aromatic carbocycles. The molecule has 0 radical (unpaired) electrons. The second kappa shape index (κ2) is 9.66. The first kappa shape index (κ1) is 18.8. The van der Waals surface area contributed by atoms with Gasteiger partial charge in [0.15, 0.2) is 0 Å². The molecule has 1 fully saturated rings. The number of hydrogen-bond donors (Lipinski definition) is 2. The topological polar surface area (TPSA) is 84.9 Å². The molecule has 1 aliphatic heterocycles. The van der Waals surface area contributed by atoms with Crippen molar-refractivity contribution >= 4 is 23.6 Å². The normalized spacial score (nSPS) is 18.3. The molecular weight excluding hydrogens is 330 g/mol. The number of carbonyl (C=O) groups excluding carboxylic acids is 1. The molecule has 2 atom stereocenters.